The lowest BCUT2D eigenvalue weighted by Gasteiger charge is -2.20. The van der Waals surface area contributed by atoms with Crippen molar-refractivity contribution in [1.29, 1.82) is 0 Å². The average molecular weight is 269 g/mol. The van der Waals surface area contributed by atoms with Gasteiger partial charge in [0, 0.05) is 12.1 Å². The van der Waals surface area contributed by atoms with E-state index in [1.807, 2.05) is 6.92 Å². The molecule has 1 aromatic carbocycles. The monoisotopic (exact) mass is 269 g/mol. The van der Waals surface area contributed by atoms with Gasteiger partial charge in [0.25, 0.3) is 0 Å². The smallest absolute Gasteiger partial charge is 0.319 e. The van der Waals surface area contributed by atoms with E-state index < -0.39 is 17.7 Å². The first-order valence-electron chi connectivity index (χ1n) is 6.29. The average Bonchev–Trinajstić information content (AvgIpc) is 2.86. The minimum Gasteiger partial charge on any atom is -0.335 e. The number of rotatable bonds is 3. The van der Waals surface area contributed by atoms with Crippen molar-refractivity contribution in [2.24, 2.45) is 5.92 Å². The van der Waals surface area contributed by atoms with E-state index in [1.54, 1.807) is 0 Å². The van der Waals surface area contributed by atoms with Gasteiger partial charge in [-0.25, -0.2) is 13.6 Å². The van der Waals surface area contributed by atoms with Crippen molar-refractivity contribution in [2.45, 2.75) is 19.4 Å². The van der Waals surface area contributed by atoms with Gasteiger partial charge in [0.15, 0.2) is 0 Å². The van der Waals surface area contributed by atoms with Gasteiger partial charge >= 0.3 is 6.03 Å². The third kappa shape index (κ3) is 3.64. The number of carbonyl (C=O) groups is 1. The summed E-state index contributed by atoms with van der Waals surface area (Å²) in [4.78, 5) is 11.7. The number of hydrogen-bond acceptors (Lipinski definition) is 2. The van der Waals surface area contributed by atoms with Gasteiger partial charge < -0.3 is 16.0 Å². The summed E-state index contributed by atoms with van der Waals surface area (Å²) in [6, 6.07) is 2.55. The van der Waals surface area contributed by atoms with Crippen LogP contribution < -0.4 is 16.0 Å². The number of hydrogen-bond donors (Lipinski definition) is 3. The Morgan fingerprint density at radius 1 is 1.47 bits per heavy atom. The topological polar surface area (TPSA) is 53.2 Å². The Bertz CT molecular complexity index is 461. The van der Waals surface area contributed by atoms with Crippen LogP contribution in [0.2, 0.25) is 0 Å². The van der Waals surface area contributed by atoms with E-state index in [0.29, 0.717) is 5.92 Å². The molecule has 1 fully saturated rings. The number of amides is 2. The van der Waals surface area contributed by atoms with Crippen LogP contribution in [0.4, 0.5) is 19.3 Å². The summed E-state index contributed by atoms with van der Waals surface area (Å²) >= 11 is 0. The van der Waals surface area contributed by atoms with Crippen LogP contribution in [0.1, 0.15) is 13.3 Å². The molecule has 0 aromatic heterocycles. The third-order valence-electron chi connectivity index (χ3n) is 3.34. The summed E-state index contributed by atoms with van der Waals surface area (Å²) in [5, 5.41) is 8.36. The number of anilines is 1. The predicted molar refractivity (Wildman–Crippen MR) is 69.0 cm³/mol. The second-order valence-electron chi connectivity index (χ2n) is 4.76. The summed E-state index contributed by atoms with van der Waals surface area (Å²) in [5.41, 5.74) is -0.0318. The van der Waals surface area contributed by atoms with Gasteiger partial charge in [0.1, 0.15) is 11.6 Å². The van der Waals surface area contributed by atoms with Crippen LogP contribution in [0, 0.1) is 17.6 Å². The molecule has 2 amide bonds. The van der Waals surface area contributed by atoms with Crippen molar-refractivity contribution in [2.75, 3.05) is 18.4 Å². The molecule has 0 spiro atoms. The molecule has 0 aliphatic carbocycles. The summed E-state index contributed by atoms with van der Waals surface area (Å²) < 4.78 is 26.1. The maximum Gasteiger partial charge on any atom is 0.319 e. The van der Waals surface area contributed by atoms with E-state index in [-0.39, 0.29) is 11.7 Å². The molecule has 0 bridgehead atoms. The first kappa shape index (κ1) is 13.7. The molecule has 6 heteroatoms. The van der Waals surface area contributed by atoms with Gasteiger partial charge in [-0.3, -0.25) is 0 Å². The normalized spacial score (nSPS) is 20.1. The molecule has 2 rings (SSSR count). The molecule has 1 saturated heterocycles. The van der Waals surface area contributed by atoms with Crippen LogP contribution in [0.15, 0.2) is 18.2 Å². The standard InChI is InChI=1S/C13H17F2N3O/c1-8(9-4-5-16-7-9)17-13(19)18-12-3-2-10(14)6-11(12)15/h2-3,6,8-9,16H,4-5,7H2,1H3,(H2,17,18,19). The number of carbonyl (C=O) groups excluding carboxylic acids is 1. The molecule has 0 saturated carbocycles. The lowest BCUT2D eigenvalue weighted by atomic mass is 10.0. The molecule has 2 unspecified atom stereocenters. The second kappa shape index (κ2) is 5.97. The van der Waals surface area contributed by atoms with Crippen LogP contribution in [0.5, 0.6) is 0 Å². The summed E-state index contributed by atoms with van der Waals surface area (Å²) in [5.74, 6) is -1.08. The minimum atomic E-state index is -0.787. The van der Waals surface area contributed by atoms with Crippen molar-refractivity contribution in [3.05, 3.63) is 29.8 Å². The largest absolute Gasteiger partial charge is 0.335 e. The molecule has 4 nitrogen and oxygen atoms in total. The van der Waals surface area contributed by atoms with Crippen molar-refractivity contribution in [3.63, 3.8) is 0 Å². The van der Waals surface area contributed by atoms with Gasteiger partial charge in [-0.1, -0.05) is 0 Å². The maximum atomic E-state index is 13.4. The Morgan fingerprint density at radius 3 is 2.89 bits per heavy atom. The molecule has 1 heterocycles. The summed E-state index contributed by atoms with van der Waals surface area (Å²) in [6.45, 7) is 3.73. The zero-order valence-corrected chi connectivity index (χ0v) is 10.7. The number of halogens is 2. The van der Waals surface area contributed by atoms with Crippen molar-refractivity contribution in [1.82, 2.24) is 10.6 Å². The Hall–Kier alpha value is -1.69. The first-order valence-corrected chi connectivity index (χ1v) is 6.29. The Balaban J connectivity index is 1.89. The molecule has 0 radical (unpaired) electrons. The molecule has 1 aliphatic rings. The molecule has 2 atom stereocenters. The second-order valence-corrected chi connectivity index (χ2v) is 4.76. The van der Waals surface area contributed by atoms with E-state index >= 15 is 0 Å². The highest BCUT2D eigenvalue weighted by Crippen LogP contribution is 2.16. The number of nitrogens with one attached hydrogen (secondary N) is 3. The van der Waals surface area contributed by atoms with Crippen molar-refractivity contribution < 1.29 is 13.6 Å². The quantitative estimate of drug-likeness (QED) is 0.787. The van der Waals surface area contributed by atoms with Gasteiger partial charge in [-0.2, -0.15) is 0 Å². The zero-order chi connectivity index (χ0) is 13.8. The van der Waals surface area contributed by atoms with Gasteiger partial charge in [-0.05, 0) is 44.5 Å². The van der Waals surface area contributed by atoms with Crippen molar-refractivity contribution in [3.8, 4) is 0 Å². The molecule has 3 N–H and O–H groups in total. The van der Waals surface area contributed by atoms with Crippen LogP contribution in [0.25, 0.3) is 0 Å². The van der Waals surface area contributed by atoms with Crippen LogP contribution in [0.3, 0.4) is 0 Å². The summed E-state index contributed by atoms with van der Waals surface area (Å²) in [7, 11) is 0. The fourth-order valence-corrected chi connectivity index (χ4v) is 2.18. The van der Waals surface area contributed by atoms with Gasteiger partial charge in [0.2, 0.25) is 0 Å². The lowest BCUT2D eigenvalue weighted by Crippen LogP contribution is -2.41. The SMILES string of the molecule is CC(NC(=O)Nc1ccc(F)cc1F)C1CCNC1. The fraction of sp³-hybridized carbons (Fsp3) is 0.462. The highest BCUT2D eigenvalue weighted by atomic mass is 19.1. The van der Waals surface area contributed by atoms with E-state index in [1.165, 1.54) is 6.07 Å². The number of benzene rings is 1. The Morgan fingerprint density at radius 2 is 2.26 bits per heavy atom. The molecular formula is C13H17F2N3O. The molecule has 104 valence electrons. The summed E-state index contributed by atoms with van der Waals surface area (Å²) in [6.07, 6.45) is 1.01. The lowest BCUT2D eigenvalue weighted by molar-refractivity contribution is 0.245. The van der Waals surface area contributed by atoms with E-state index in [4.69, 9.17) is 0 Å². The molecule has 1 aliphatic heterocycles. The number of urea groups is 1. The van der Waals surface area contributed by atoms with E-state index in [2.05, 4.69) is 16.0 Å². The third-order valence-corrected chi connectivity index (χ3v) is 3.34. The van der Waals surface area contributed by atoms with Gasteiger partial charge in [-0.15, -0.1) is 0 Å². The zero-order valence-electron chi connectivity index (χ0n) is 10.7. The minimum absolute atomic E-state index is 0.00138. The highest BCUT2D eigenvalue weighted by molar-refractivity contribution is 5.89. The van der Waals surface area contributed by atoms with E-state index in [9.17, 15) is 13.6 Å². The van der Waals surface area contributed by atoms with Crippen LogP contribution in [-0.2, 0) is 0 Å². The van der Waals surface area contributed by atoms with Gasteiger partial charge in [0.05, 0.1) is 5.69 Å². The Kier molecular flexibility index (Phi) is 4.31. The molecule has 19 heavy (non-hydrogen) atoms. The van der Waals surface area contributed by atoms with Crippen LogP contribution >= 0.6 is 0 Å². The first-order chi connectivity index (χ1) is 9.06. The van der Waals surface area contributed by atoms with Crippen molar-refractivity contribution >= 4 is 11.7 Å². The van der Waals surface area contributed by atoms with Crippen LogP contribution in [-0.4, -0.2) is 25.2 Å². The maximum absolute atomic E-state index is 13.4. The highest BCUT2D eigenvalue weighted by Gasteiger charge is 2.22. The molecule has 1 aromatic rings. The fourth-order valence-electron chi connectivity index (χ4n) is 2.18. The van der Waals surface area contributed by atoms with E-state index in [0.717, 1.165) is 31.6 Å². The molecular weight excluding hydrogens is 252 g/mol. The Labute approximate surface area is 110 Å². The predicted octanol–water partition coefficient (Wildman–Crippen LogP) is 2.08.